The van der Waals surface area contributed by atoms with E-state index in [9.17, 15) is 4.79 Å². The first-order valence-corrected chi connectivity index (χ1v) is 7.43. The van der Waals surface area contributed by atoms with Crippen molar-refractivity contribution >= 4 is 62.6 Å². The van der Waals surface area contributed by atoms with Crippen molar-refractivity contribution in [3.05, 3.63) is 37.4 Å². The Bertz CT molecular complexity index is 611. The van der Waals surface area contributed by atoms with Crippen molar-refractivity contribution in [3.63, 3.8) is 0 Å². The van der Waals surface area contributed by atoms with Gasteiger partial charge < -0.3 is 0 Å². The highest BCUT2D eigenvalue weighted by Crippen LogP contribution is 2.25. The second-order valence-corrected chi connectivity index (χ2v) is 5.76. The van der Waals surface area contributed by atoms with E-state index in [1.54, 1.807) is 6.21 Å². The van der Waals surface area contributed by atoms with Crippen LogP contribution in [-0.2, 0) is 11.3 Å². The number of amides is 1. The molecule has 0 spiro atoms. The summed E-state index contributed by atoms with van der Waals surface area (Å²) < 4.78 is 1.82. The summed E-state index contributed by atoms with van der Waals surface area (Å²) in [6, 6.07) is 3.79. The van der Waals surface area contributed by atoms with Crippen LogP contribution in [0.2, 0.25) is 10.3 Å². The smallest absolute Gasteiger partial charge is 0.260 e. The molecule has 0 atom stereocenters. The van der Waals surface area contributed by atoms with Gasteiger partial charge in [0.1, 0.15) is 11.7 Å². The molecule has 2 heterocycles. The molecule has 1 N–H and O–H groups in total. The third-order valence-electron chi connectivity index (χ3n) is 2.05. The average molecular weight is 382 g/mol. The molecule has 0 aliphatic heterocycles. The summed E-state index contributed by atoms with van der Waals surface area (Å²) in [5.41, 5.74) is 2.40. The number of carbonyl (C=O) groups is 1. The standard InChI is InChI=1S/C10H7BrCl2N4OS/c11-10-15-8(12)9(13)17(10)5-7(18)16-14-4-6-2-1-3-19-6/h1-4H,5H2,(H,16,18)/b14-4+. The van der Waals surface area contributed by atoms with Crippen LogP contribution in [0.1, 0.15) is 4.88 Å². The van der Waals surface area contributed by atoms with Crippen LogP contribution in [0.4, 0.5) is 0 Å². The number of hydrogen-bond acceptors (Lipinski definition) is 4. The van der Waals surface area contributed by atoms with E-state index in [1.165, 1.54) is 15.9 Å². The predicted molar refractivity (Wildman–Crippen MR) is 80.0 cm³/mol. The number of halogens is 3. The Hall–Kier alpha value is -0.890. The highest BCUT2D eigenvalue weighted by atomic mass is 79.9. The molecule has 5 nitrogen and oxygen atoms in total. The minimum Gasteiger partial charge on any atom is -0.299 e. The highest BCUT2D eigenvalue weighted by Gasteiger charge is 2.14. The number of hydrogen-bond donors (Lipinski definition) is 1. The van der Waals surface area contributed by atoms with Crippen LogP contribution in [0.25, 0.3) is 0 Å². The van der Waals surface area contributed by atoms with Crippen molar-refractivity contribution in [2.75, 3.05) is 0 Å². The van der Waals surface area contributed by atoms with Gasteiger partial charge in [-0.2, -0.15) is 5.10 Å². The predicted octanol–water partition coefficient (Wildman–Crippen LogP) is 3.16. The molecule has 0 bridgehead atoms. The molecule has 0 aliphatic rings. The molecule has 2 aromatic rings. The van der Waals surface area contributed by atoms with Gasteiger partial charge >= 0.3 is 0 Å². The summed E-state index contributed by atoms with van der Waals surface area (Å²) in [6.45, 7) is -0.0269. The Morgan fingerprint density at radius 3 is 3.00 bits per heavy atom. The quantitative estimate of drug-likeness (QED) is 0.653. The van der Waals surface area contributed by atoms with Gasteiger partial charge in [-0.1, -0.05) is 29.3 Å². The van der Waals surface area contributed by atoms with Gasteiger partial charge in [-0.05, 0) is 27.4 Å². The monoisotopic (exact) mass is 380 g/mol. The summed E-state index contributed by atoms with van der Waals surface area (Å²) in [5, 5.41) is 6.10. The van der Waals surface area contributed by atoms with Crippen molar-refractivity contribution in [1.82, 2.24) is 15.0 Å². The van der Waals surface area contributed by atoms with E-state index in [0.717, 1.165) is 4.88 Å². The van der Waals surface area contributed by atoms with Crippen molar-refractivity contribution in [2.24, 2.45) is 5.10 Å². The fraction of sp³-hybridized carbons (Fsp3) is 0.100. The third-order valence-corrected chi connectivity index (χ3v) is 4.20. The van der Waals surface area contributed by atoms with E-state index in [4.69, 9.17) is 23.2 Å². The number of nitrogens with one attached hydrogen (secondary N) is 1. The van der Waals surface area contributed by atoms with Crippen LogP contribution < -0.4 is 5.43 Å². The van der Waals surface area contributed by atoms with Crippen molar-refractivity contribution in [1.29, 1.82) is 0 Å². The van der Waals surface area contributed by atoms with Crippen LogP contribution in [-0.4, -0.2) is 21.7 Å². The lowest BCUT2D eigenvalue weighted by Gasteiger charge is -2.03. The van der Waals surface area contributed by atoms with Crippen LogP contribution in [0.3, 0.4) is 0 Å². The van der Waals surface area contributed by atoms with Crippen LogP contribution in [0.5, 0.6) is 0 Å². The second kappa shape index (κ2) is 6.51. The maximum absolute atomic E-state index is 11.7. The molecule has 9 heteroatoms. The molecular weight excluding hydrogens is 375 g/mol. The fourth-order valence-electron chi connectivity index (χ4n) is 1.23. The van der Waals surface area contributed by atoms with Gasteiger partial charge in [-0.15, -0.1) is 11.3 Å². The highest BCUT2D eigenvalue weighted by molar-refractivity contribution is 9.10. The summed E-state index contributed by atoms with van der Waals surface area (Å²) >= 11 is 16.3. The molecule has 0 unspecified atom stereocenters. The van der Waals surface area contributed by atoms with Gasteiger partial charge in [0.25, 0.3) is 5.91 Å². The summed E-state index contributed by atoms with van der Waals surface area (Å²) in [5.74, 6) is -0.329. The Labute approximate surface area is 131 Å². The van der Waals surface area contributed by atoms with Crippen LogP contribution in [0.15, 0.2) is 27.3 Å². The lowest BCUT2D eigenvalue weighted by molar-refractivity contribution is -0.121. The number of rotatable bonds is 4. The van der Waals surface area contributed by atoms with Gasteiger partial charge in [-0.25, -0.2) is 10.4 Å². The van der Waals surface area contributed by atoms with Gasteiger partial charge in [-0.3, -0.25) is 9.36 Å². The Kier molecular flexibility index (Phi) is 4.98. The Balaban J connectivity index is 1.94. The van der Waals surface area contributed by atoms with Gasteiger partial charge in [0.2, 0.25) is 0 Å². The number of imidazole rings is 1. The Morgan fingerprint density at radius 2 is 2.42 bits per heavy atom. The Morgan fingerprint density at radius 1 is 1.63 bits per heavy atom. The van der Waals surface area contributed by atoms with Crippen molar-refractivity contribution < 1.29 is 4.79 Å². The molecule has 0 radical (unpaired) electrons. The van der Waals surface area contributed by atoms with Gasteiger partial charge in [0, 0.05) is 4.88 Å². The molecule has 2 rings (SSSR count). The molecule has 0 saturated heterocycles. The summed E-state index contributed by atoms with van der Waals surface area (Å²) in [7, 11) is 0. The molecule has 100 valence electrons. The molecule has 0 aliphatic carbocycles. The number of aromatic nitrogens is 2. The molecule has 0 aromatic carbocycles. The molecule has 0 fully saturated rings. The van der Waals surface area contributed by atoms with E-state index < -0.39 is 0 Å². The van der Waals surface area contributed by atoms with Crippen LogP contribution >= 0.6 is 50.5 Å². The van der Waals surface area contributed by atoms with Crippen LogP contribution in [0, 0.1) is 0 Å². The lowest BCUT2D eigenvalue weighted by Crippen LogP contribution is -2.23. The zero-order chi connectivity index (χ0) is 13.8. The third kappa shape index (κ3) is 3.79. The SMILES string of the molecule is O=C(Cn1c(Br)nc(Cl)c1Cl)N/N=C/c1cccs1. The topological polar surface area (TPSA) is 59.3 Å². The van der Waals surface area contributed by atoms with E-state index in [2.05, 4.69) is 31.4 Å². The van der Waals surface area contributed by atoms with Gasteiger partial charge in [0.15, 0.2) is 9.89 Å². The van der Waals surface area contributed by atoms with E-state index in [0.29, 0.717) is 4.73 Å². The van der Waals surface area contributed by atoms with Gasteiger partial charge in [0.05, 0.1) is 6.21 Å². The summed E-state index contributed by atoms with van der Waals surface area (Å²) in [4.78, 5) is 16.5. The molecule has 2 aromatic heterocycles. The number of thiophene rings is 1. The number of carbonyl (C=O) groups excluding carboxylic acids is 1. The number of hydrazone groups is 1. The zero-order valence-corrected chi connectivity index (χ0v) is 13.2. The maximum Gasteiger partial charge on any atom is 0.260 e. The maximum atomic E-state index is 11.7. The first kappa shape index (κ1) is 14.5. The van der Waals surface area contributed by atoms with Crippen molar-refractivity contribution in [3.8, 4) is 0 Å². The zero-order valence-electron chi connectivity index (χ0n) is 9.31. The first-order valence-electron chi connectivity index (χ1n) is 5.00. The summed E-state index contributed by atoms with van der Waals surface area (Å²) in [6.07, 6.45) is 1.57. The average Bonchev–Trinajstić information content (AvgIpc) is 2.94. The minimum absolute atomic E-state index is 0.0269. The van der Waals surface area contributed by atoms with E-state index in [1.807, 2.05) is 17.5 Å². The number of nitrogens with zero attached hydrogens (tertiary/aromatic N) is 3. The first-order chi connectivity index (χ1) is 9.08. The van der Waals surface area contributed by atoms with Crippen molar-refractivity contribution in [2.45, 2.75) is 6.54 Å². The van der Waals surface area contributed by atoms with E-state index >= 15 is 0 Å². The van der Waals surface area contributed by atoms with E-state index in [-0.39, 0.29) is 22.8 Å². The largest absolute Gasteiger partial charge is 0.299 e. The normalized spacial score (nSPS) is 11.1. The molecule has 0 saturated carbocycles. The molecule has 1 amide bonds. The second-order valence-electron chi connectivity index (χ2n) is 3.36. The lowest BCUT2D eigenvalue weighted by atomic mass is 10.5. The minimum atomic E-state index is -0.329. The molecular formula is C10H7BrCl2N4OS. The fourth-order valence-corrected chi connectivity index (χ4v) is 2.86. The molecule has 19 heavy (non-hydrogen) atoms.